The molecule has 0 aromatic heterocycles. The van der Waals surface area contributed by atoms with Crippen molar-refractivity contribution in [2.75, 3.05) is 0 Å². The van der Waals surface area contributed by atoms with Crippen LogP contribution in [0.5, 0.6) is 0 Å². The van der Waals surface area contributed by atoms with Crippen LogP contribution < -0.4 is 0 Å². The topological polar surface area (TPSA) is 0 Å². The molecule has 0 bridgehead atoms. The van der Waals surface area contributed by atoms with Crippen molar-refractivity contribution in [2.45, 2.75) is 40.5 Å². The van der Waals surface area contributed by atoms with Crippen LogP contribution in [0.25, 0.3) is 0 Å². The number of allylic oxidation sites excluding steroid dienone is 2. The normalized spacial score (nSPS) is 27.9. The molecule has 1 saturated carbocycles. The fourth-order valence-corrected chi connectivity index (χ4v) is 1.85. The Kier molecular flexibility index (Phi) is 2.65. The van der Waals surface area contributed by atoms with Crippen LogP contribution in [-0.4, -0.2) is 0 Å². The van der Waals surface area contributed by atoms with Gasteiger partial charge in [0.15, 0.2) is 0 Å². The van der Waals surface area contributed by atoms with Crippen molar-refractivity contribution >= 4 is 0 Å². The van der Waals surface area contributed by atoms with Gasteiger partial charge in [0.1, 0.15) is 0 Å². The molecule has 12 heavy (non-hydrogen) atoms. The van der Waals surface area contributed by atoms with Gasteiger partial charge in [-0.05, 0) is 50.9 Å². The minimum Gasteiger partial charge on any atom is -0.0856 e. The van der Waals surface area contributed by atoms with Gasteiger partial charge in [0.05, 0.1) is 0 Å². The Morgan fingerprint density at radius 1 is 1.67 bits per heavy atom. The molecule has 1 aliphatic carbocycles. The van der Waals surface area contributed by atoms with Crippen molar-refractivity contribution in [2.24, 2.45) is 17.3 Å². The molecule has 0 aromatic carbocycles. The molecule has 0 spiro atoms. The fourth-order valence-electron chi connectivity index (χ4n) is 1.85. The van der Waals surface area contributed by atoms with Gasteiger partial charge >= 0.3 is 0 Å². The second-order valence-corrected chi connectivity index (χ2v) is 4.81. The third-order valence-corrected chi connectivity index (χ3v) is 2.93. The van der Waals surface area contributed by atoms with Gasteiger partial charge in [-0.25, -0.2) is 0 Å². The van der Waals surface area contributed by atoms with Crippen LogP contribution in [0.15, 0.2) is 11.6 Å². The van der Waals surface area contributed by atoms with E-state index in [2.05, 4.69) is 33.8 Å². The summed E-state index contributed by atoms with van der Waals surface area (Å²) in [6.07, 6.45) is 4.73. The molecule has 1 fully saturated rings. The van der Waals surface area contributed by atoms with Crippen molar-refractivity contribution < 1.29 is 0 Å². The van der Waals surface area contributed by atoms with Crippen molar-refractivity contribution in [3.8, 4) is 0 Å². The van der Waals surface area contributed by atoms with Gasteiger partial charge < -0.3 is 0 Å². The highest BCUT2D eigenvalue weighted by Crippen LogP contribution is 2.56. The highest BCUT2D eigenvalue weighted by atomic mass is 14.5. The Morgan fingerprint density at radius 3 is 2.50 bits per heavy atom. The molecule has 68 valence electrons. The molecule has 0 N–H and O–H groups in total. The van der Waals surface area contributed by atoms with Crippen molar-refractivity contribution in [1.82, 2.24) is 0 Å². The van der Waals surface area contributed by atoms with E-state index in [9.17, 15) is 0 Å². The lowest BCUT2D eigenvalue weighted by atomic mass is 9.95. The van der Waals surface area contributed by atoms with Crippen LogP contribution >= 0.6 is 0 Å². The van der Waals surface area contributed by atoms with Gasteiger partial charge in [-0.15, -0.1) is 0 Å². The molecule has 0 heterocycles. The molecular weight excluding hydrogens is 144 g/mol. The summed E-state index contributed by atoms with van der Waals surface area (Å²) in [5, 5.41) is 0. The smallest absolute Gasteiger partial charge is 0.0258 e. The third-order valence-electron chi connectivity index (χ3n) is 2.93. The lowest BCUT2D eigenvalue weighted by molar-refractivity contribution is 0.448. The first-order chi connectivity index (χ1) is 5.43. The van der Waals surface area contributed by atoms with Crippen LogP contribution in [-0.2, 0) is 0 Å². The second kappa shape index (κ2) is 3.24. The highest BCUT2D eigenvalue weighted by molar-refractivity contribution is 5.05. The van der Waals surface area contributed by atoms with E-state index in [1.54, 1.807) is 0 Å². The van der Waals surface area contributed by atoms with Crippen LogP contribution in [0.1, 0.15) is 40.5 Å². The summed E-state index contributed by atoms with van der Waals surface area (Å²) >= 11 is 0. The molecule has 0 heteroatoms. The maximum absolute atomic E-state index is 6.00. The van der Waals surface area contributed by atoms with Crippen LogP contribution in [0.2, 0.25) is 0 Å². The zero-order chi connectivity index (χ0) is 9.35. The average Bonchev–Trinajstić information content (AvgIpc) is 2.55. The maximum Gasteiger partial charge on any atom is -0.0258 e. The fraction of sp³-hybridized carbons (Fsp3) is 0.750. The first-order valence-electron chi connectivity index (χ1n) is 4.86. The zero-order valence-electron chi connectivity index (χ0n) is 8.72. The summed E-state index contributed by atoms with van der Waals surface area (Å²) in [5.41, 5.74) is 1.57. The molecule has 0 amide bonds. The Hall–Kier alpha value is -0.260. The van der Waals surface area contributed by atoms with E-state index in [-0.39, 0.29) is 5.41 Å². The molecule has 2 radical (unpaired) electrons. The first kappa shape index (κ1) is 9.83. The van der Waals surface area contributed by atoms with E-state index in [1.807, 2.05) is 0 Å². The predicted octanol–water partition coefficient (Wildman–Crippen LogP) is 3.72. The van der Waals surface area contributed by atoms with Gasteiger partial charge in [-0.3, -0.25) is 0 Å². The molecule has 3 atom stereocenters. The lowest BCUT2D eigenvalue weighted by Gasteiger charge is -2.10. The Morgan fingerprint density at radius 2 is 2.17 bits per heavy atom. The maximum atomic E-state index is 6.00. The minimum absolute atomic E-state index is 0.148. The van der Waals surface area contributed by atoms with E-state index < -0.39 is 0 Å². The van der Waals surface area contributed by atoms with E-state index in [1.165, 1.54) is 18.4 Å². The lowest BCUT2D eigenvalue weighted by Crippen LogP contribution is -2.01. The van der Waals surface area contributed by atoms with Gasteiger partial charge in [-0.1, -0.05) is 25.5 Å². The first-order valence-corrected chi connectivity index (χ1v) is 4.86. The Labute approximate surface area is 77.1 Å². The number of hydrogen-bond donors (Lipinski definition) is 0. The zero-order valence-corrected chi connectivity index (χ0v) is 8.72. The molecule has 0 nitrogen and oxygen atoms in total. The molecule has 1 aliphatic rings. The van der Waals surface area contributed by atoms with Gasteiger partial charge in [0.2, 0.25) is 0 Å². The van der Waals surface area contributed by atoms with E-state index in [0.29, 0.717) is 0 Å². The van der Waals surface area contributed by atoms with E-state index >= 15 is 0 Å². The SMILES string of the molecule is [CH]C1(C)CC1C(C)CC=C(C)C. The molecule has 3 unspecified atom stereocenters. The van der Waals surface area contributed by atoms with Crippen molar-refractivity contribution in [1.29, 1.82) is 0 Å². The molecule has 1 rings (SSSR count). The van der Waals surface area contributed by atoms with Crippen molar-refractivity contribution in [3.05, 3.63) is 18.6 Å². The number of rotatable bonds is 3. The third kappa shape index (κ3) is 2.36. The standard InChI is InChI=1S/C12H20/c1-9(2)6-7-10(3)11-8-12(11,4)5/h4,6,10-11H,7-8H2,1-3,5H3. The molecule has 0 aromatic rings. The summed E-state index contributed by atoms with van der Waals surface area (Å²) in [6.45, 7) is 14.8. The molecular formula is C12H20. The summed E-state index contributed by atoms with van der Waals surface area (Å²) < 4.78 is 0. The second-order valence-electron chi connectivity index (χ2n) is 4.81. The van der Waals surface area contributed by atoms with E-state index in [4.69, 9.17) is 6.92 Å². The highest BCUT2D eigenvalue weighted by Gasteiger charge is 2.48. The Bertz CT molecular complexity index is 182. The van der Waals surface area contributed by atoms with Gasteiger partial charge in [-0.2, -0.15) is 0 Å². The van der Waals surface area contributed by atoms with E-state index in [0.717, 1.165) is 11.8 Å². The molecule has 0 aliphatic heterocycles. The summed E-state index contributed by atoms with van der Waals surface area (Å²) in [6, 6.07) is 0. The van der Waals surface area contributed by atoms with Crippen LogP contribution in [0.3, 0.4) is 0 Å². The van der Waals surface area contributed by atoms with Gasteiger partial charge in [0.25, 0.3) is 0 Å². The predicted molar refractivity (Wildman–Crippen MR) is 53.7 cm³/mol. The largest absolute Gasteiger partial charge is 0.0856 e. The molecule has 0 saturated heterocycles. The average molecular weight is 164 g/mol. The number of hydrogen-bond acceptors (Lipinski definition) is 0. The summed E-state index contributed by atoms with van der Waals surface area (Å²) in [7, 11) is 0. The van der Waals surface area contributed by atoms with Crippen LogP contribution in [0.4, 0.5) is 0 Å². The minimum atomic E-state index is 0.148. The van der Waals surface area contributed by atoms with Crippen molar-refractivity contribution in [3.63, 3.8) is 0 Å². The van der Waals surface area contributed by atoms with Crippen LogP contribution in [0, 0.1) is 24.2 Å². The monoisotopic (exact) mass is 164 g/mol. The summed E-state index contributed by atoms with van der Waals surface area (Å²) in [4.78, 5) is 0. The van der Waals surface area contributed by atoms with Gasteiger partial charge in [0, 0.05) is 0 Å². The summed E-state index contributed by atoms with van der Waals surface area (Å²) in [5.74, 6) is 1.52. The quantitative estimate of drug-likeness (QED) is 0.558. The Balaban J connectivity index is 2.32.